The molecule has 0 radical (unpaired) electrons. The summed E-state index contributed by atoms with van der Waals surface area (Å²) < 4.78 is 15.0. The van der Waals surface area contributed by atoms with Gasteiger partial charge in [0.25, 0.3) is 5.91 Å². The van der Waals surface area contributed by atoms with E-state index in [9.17, 15) is 14.4 Å². The number of ether oxygens (including phenoxy) is 3. The zero-order chi connectivity index (χ0) is 20.3. The van der Waals surface area contributed by atoms with Gasteiger partial charge in [0.1, 0.15) is 11.4 Å². The Balaban J connectivity index is 1.93. The molecule has 0 unspecified atom stereocenters. The lowest BCUT2D eigenvalue weighted by atomic mass is 10.1. The fraction of sp³-hybridized carbons (Fsp3) is 0.150. The number of fused-ring (bicyclic) bond motifs is 2. The highest BCUT2D eigenvalue weighted by Gasteiger charge is 2.22. The molecule has 2 aromatic carbocycles. The number of carbonyl (C=O) groups is 3. The molecule has 2 aromatic rings. The Bertz CT molecular complexity index is 996. The lowest BCUT2D eigenvalue weighted by Gasteiger charge is -2.12. The first-order valence-corrected chi connectivity index (χ1v) is 8.30. The number of aryl methyl sites for hydroxylation is 1. The van der Waals surface area contributed by atoms with Crippen LogP contribution in [0.1, 0.15) is 15.9 Å². The third-order valence-corrected chi connectivity index (χ3v) is 3.98. The van der Waals surface area contributed by atoms with Gasteiger partial charge in [0, 0.05) is 5.69 Å². The number of rotatable bonds is 4. The maximum Gasteiger partial charge on any atom is 0.354 e. The average Bonchev–Trinajstić information content (AvgIpc) is 2.82. The summed E-state index contributed by atoms with van der Waals surface area (Å²) in [6, 6.07) is 10.2. The molecular formula is C20H18N2O6. The first kappa shape index (κ1) is 19.0. The summed E-state index contributed by atoms with van der Waals surface area (Å²) in [7, 11) is 2.38. The second-order valence-corrected chi connectivity index (χ2v) is 5.96. The van der Waals surface area contributed by atoms with Gasteiger partial charge in [0.05, 0.1) is 31.5 Å². The lowest BCUT2D eigenvalue weighted by molar-refractivity contribution is -0.138. The van der Waals surface area contributed by atoms with E-state index in [2.05, 4.69) is 20.1 Å². The van der Waals surface area contributed by atoms with E-state index in [-0.39, 0.29) is 17.2 Å². The van der Waals surface area contributed by atoms with E-state index >= 15 is 0 Å². The van der Waals surface area contributed by atoms with Crippen LogP contribution < -0.4 is 15.4 Å². The first-order chi connectivity index (χ1) is 13.4. The van der Waals surface area contributed by atoms with E-state index < -0.39 is 11.9 Å². The highest BCUT2D eigenvalue weighted by molar-refractivity contribution is 6.09. The minimum Gasteiger partial charge on any atom is -0.466 e. The molecule has 0 saturated carbocycles. The molecule has 144 valence electrons. The van der Waals surface area contributed by atoms with E-state index in [0.29, 0.717) is 22.9 Å². The molecule has 3 rings (SSSR count). The average molecular weight is 382 g/mol. The highest BCUT2D eigenvalue weighted by Crippen LogP contribution is 2.37. The second kappa shape index (κ2) is 7.83. The molecule has 8 heteroatoms. The van der Waals surface area contributed by atoms with E-state index in [1.54, 1.807) is 18.2 Å². The summed E-state index contributed by atoms with van der Waals surface area (Å²) in [6.07, 6.45) is 0.965. The van der Waals surface area contributed by atoms with Crippen LogP contribution in [-0.4, -0.2) is 32.1 Å². The van der Waals surface area contributed by atoms with Crippen LogP contribution in [0.15, 0.2) is 48.2 Å². The fourth-order valence-corrected chi connectivity index (χ4v) is 2.60. The van der Waals surface area contributed by atoms with Crippen molar-refractivity contribution < 1.29 is 28.6 Å². The molecule has 1 aliphatic heterocycles. The number of nitrogens with one attached hydrogen (secondary N) is 2. The van der Waals surface area contributed by atoms with Crippen molar-refractivity contribution in [3.05, 3.63) is 59.3 Å². The number of methoxy groups -OCH3 is 2. The maximum atomic E-state index is 12.6. The summed E-state index contributed by atoms with van der Waals surface area (Å²) in [5.41, 5.74) is 2.06. The molecule has 0 fully saturated rings. The molecule has 0 bridgehead atoms. The number of anilines is 2. The summed E-state index contributed by atoms with van der Waals surface area (Å²) >= 11 is 0. The molecule has 1 heterocycles. The summed E-state index contributed by atoms with van der Waals surface area (Å²) in [5, 5.41) is 5.57. The monoisotopic (exact) mass is 382 g/mol. The van der Waals surface area contributed by atoms with Gasteiger partial charge >= 0.3 is 11.9 Å². The van der Waals surface area contributed by atoms with Gasteiger partial charge in [-0.25, -0.2) is 9.59 Å². The Labute approximate surface area is 161 Å². The van der Waals surface area contributed by atoms with E-state index in [1.165, 1.54) is 20.3 Å². The predicted octanol–water partition coefficient (Wildman–Crippen LogP) is 2.99. The van der Waals surface area contributed by atoms with Crippen molar-refractivity contribution in [1.82, 2.24) is 0 Å². The number of hydrogen-bond acceptors (Lipinski definition) is 7. The van der Waals surface area contributed by atoms with Crippen LogP contribution >= 0.6 is 0 Å². The van der Waals surface area contributed by atoms with E-state index in [4.69, 9.17) is 4.74 Å². The smallest absolute Gasteiger partial charge is 0.354 e. The van der Waals surface area contributed by atoms with Gasteiger partial charge in [-0.05, 0) is 42.8 Å². The van der Waals surface area contributed by atoms with Gasteiger partial charge in [-0.1, -0.05) is 6.07 Å². The van der Waals surface area contributed by atoms with Crippen molar-refractivity contribution in [1.29, 1.82) is 0 Å². The molecule has 0 aliphatic carbocycles. The minimum absolute atomic E-state index is 0.136. The van der Waals surface area contributed by atoms with E-state index in [0.717, 1.165) is 11.6 Å². The van der Waals surface area contributed by atoms with Crippen molar-refractivity contribution in [3.63, 3.8) is 0 Å². The fourth-order valence-electron chi connectivity index (χ4n) is 2.60. The molecule has 28 heavy (non-hydrogen) atoms. The molecule has 0 spiro atoms. The number of esters is 2. The number of hydrogen-bond donors (Lipinski definition) is 2. The molecule has 1 amide bonds. The van der Waals surface area contributed by atoms with Crippen LogP contribution in [0.5, 0.6) is 11.5 Å². The quantitative estimate of drug-likeness (QED) is 0.619. The Morgan fingerprint density at radius 1 is 1.07 bits per heavy atom. The zero-order valence-corrected chi connectivity index (χ0v) is 15.5. The largest absolute Gasteiger partial charge is 0.466 e. The minimum atomic E-state index is -0.760. The summed E-state index contributed by atoms with van der Waals surface area (Å²) in [4.78, 5) is 36.0. The number of carbonyl (C=O) groups excluding carboxylic acids is 3. The third-order valence-electron chi connectivity index (χ3n) is 3.98. The van der Waals surface area contributed by atoms with Crippen molar-refractivity contribution in [2.45, 2.75) is 6.92 Å². The highest BCUT2D eigenvalue weighted by atomic mass is 16.5. The van der Waals surface area contributed by atoms with Crippen LogP contribution in [0.4, 0.5) is 11.4 Å². The van der Waals surface area contributed by atoms with Gasteiger partial charge < -0.3 is 24.8 Å². The Kier molecular flexibility index (Phi) is 5.30. The molecule has 0 aromatic heterocycles. The van der Waals surface area contributed by atoms with Gasteiger partial charge in [-0.2, -0.15) is 0 Å². The lowest BCUT2D eigenvalue weighted by Crippen LogP contribution is -2.16. The molecular weight excluding hydrogens is 364 g/mol. The SMILES string of the molecule is COC(=O)/C=C(/Nc1ccc2c(c1)C(=O)Nc1cc(C)ccc1O2)C(=O)OC. The molecule has 8 nitrogen and oxygen atoms in total. The topological polar surface area (TPSA) is 103 Å². The normalized spacial score (nSPS) is 12.5. The zero-order valence-electron chi connectivity index (χ0n) is 15.5. The van der Waals surface area contributed by atoms with Crippen LogP contribution in [-0.2, 0) is 19.1 Å². The molecule has 0 saturated heterocycles. The van der Waals surface area contributed by atoms with Crippen molar-refractivity contribution in [2.75, 3.05) is 24.9 Å². The van der Waals surface area contributed by atoms with Crippen LogP contribution in [0.2, 0.25) is 0 Å². The third kappa shape index (κ3) is 3.96. The predicted molar refractivity (Wildman–Crippen MR) is 101 cm³/mol. The molecule has 2 N–H and O–H groups in total. The standard InChI is InChI=1S/C20H18N2O6/c1-11-4-6-17-14(8-11)22-19(24)13-9-12(5-7-16(13)28-17)21-15(20(25)27-3)10-18(23)26-2/h4-10,21H,1-3H3,(H,22,24)/b15-10+. The summed E-state index contributed by atoms with van der Waals surface area (Å²) in [5.74, 6) is -0.959. The van der Waals surface area contributed by atoms with Crippen molar-refractivity contribution in [3.8, 4) is 11.5 Å². The van der Waals surface area contributed by atoms with Crippen LogP contribution in [0, 0.1) is 6.92 Å². The maximum absolute atomic E-state index is 12.6. The van der Waals surface area contributed by atoms with E-state index in [1.807, 2.05) is 19.1 Å². The van der Waals surface area contributed by atoms with Crippen molar-refractivity contribution in [2.24, 2.45) is 0 Å². The van der Waals surface area contributed by atoms with Gasteiger partial charge in [0.2, 0.25) is 0 Å². The van der Waals surface area contributed by atoms with Crippen LogP contribution in [0.3, 0.4) is 0 Å². The van der Waals surface area contributed by atoms with Crippen molar-refractivity contribution >= 4 is 29.2 Å². The summed E-state index contributed by atoms with van der Waals surface area (Å²) in [6.45, 7) is 1.91. The number of amides is 1. The van der Waals surface area contributed by atoms with Crippen LogP contribution in [0.25, 0.3) is 0 Å². The molecule has 0 atom stereocenters. The molecule has 1 aliphatic rings. The number of benzene rings is 2. The van der Waals surface area contributed by atoms with Gasteiger partial charge in [-0.3, -0.25) is 4.79 Å². The van der Waals surface area contributed by atoms with Gasteiger partial charge in [-0.15, -0.1) is 0 Å². The van der Waals surface area contributed by atoms with Gasteiger partial charge in [0.15, 0.2) is 5.75 Å². The second-order valence-electron chi connectivity index (χ2n) is 5.96. The Morgan fingerprint density at radius 3 is 2.54 bits per heavy atom. The Hall–Kier alpha value is -3.81. The first-order valence-electron chi connectivity index (χ1n) is 8.30. The Morgan fingerprint density at radius 2 is 1.82 bits per heavy atom.